The maximum absolute atomic E-state index is 12.8. The van der Waals surface area contributed by atoms with Crippen LogP contribution in [0.15, 0.2) is 109 Å². The quantitative estimate of drug-likeness (QED) is 0.0259. The monoisotopic (exact) mass is 918 g/mol. The molecule has 0 aromatic heterocycles. The number of hydrogen-bond acceptors (Lipinski definition) is 7. The van der Waals surface area contributed by atoms with Crippen LogP contribution >= 0.6 is 0 Å². The van der Waals surface area contributed by atoms with E-state index >= 15 is 0 Å². The van der Waals surface area contributed by atoms with Crippen LogP contribution in [0.2, 0.25) is 0 Å². The molecule has 0 aliphatic rings. The first-order valence-corrected chi connectivity index (χ1v) is 25.9. The zero-order chi connectivity index (χ0) is 48.4. The smallest absolute Gasteiger partial charge is 0.306 e. The Labute approximate surface area is 404 Å². The molecule has 0 bridgehead atoms. The number of esters is 2. The number of rotatable bonds is 45. The fourth-order valence-electron chi connectivity index (χ4n) is 6.97. The van der Waals surface area contributed by atoms with Gasteiger partial charge in [-0.25, -0.2) is 0 Å². The lowest BCUT2D eigenvalue weighted by atomic mass is 10.1. The molecule has 0 saturated carbocycles. The Balaban J connectivity index is 4.33. The molecule has 8 nitrogen and oxygen atoms in total. The second kappa shape index (κ2) is 47.5. The molecule has 2 atom stereocenters. The first kappa shape index (κ1) is 62.0. The van der Waals surface area contributed by atoms with Crippen molar-refractivity contribution in [2.45, 2.75) is 199 Å². The number of ether oxygens (including phenoxy) is 3. The third kappa shape index (κ3) is 45.2. The summed E-state index contributed by atoms with van der Waals surface area (Å²) in [7, 11) is 5.40. The van der Waals surface area contributed by atoms with Gasteiger partial charge in [-0.3, -0.25) is 9.59 Å². The van der Waals surface area contributed by atoms with Gasteiger partial charge in [-0.1, -0.05) is 181 Å². The predicted molar refractivity (Wildman–Crippen MR) is 277 cm³/mol. The minimum Gasteiger partial charge on any atom is -0.544 e. The molecule has 0 spiro atoms. The molecule has 0 aliphatic heterocycles. The molecule has 0 heterocycles. The molecular weight excluding hydrogens is 823 g/mol. The first-order chi connectivity index (χ1) is 32.1. The molecular formula is C58H95NO7. The average molecular weight is 918 g/mol. The summed E-state index contributed by atoms with van der Waals surface area (Å²) in [5.41, 5.74) is 0. The van der Waals surface area contributed by atoms with Crippen LogP contribution in [0.25, 0.3) is 0 Å². The largest absolute Gasteiger partial charge is 0.544 e. The van der Waals surface area contributed by atoms with Gasteiger partial charge in [-0.05, 0) is 96.3 Å². The van der Waals surface area contributed by atoms with Crippen LogP contribution in [0.3, 0.4) is 0 Å². The van der Waals surface area contributed by atoms with Crippen LogP contribution in [0.1, 0.15) is 187 Å². The van der Waals surface area contributed by atoms with Gasteiger partial charge in [-0.15, -0.1) is 0 Å². The van der Waals surface area contributed by atoms with E-state index in [9.17, 15) is 19.5 Å². The van der Waals surface area contributed by atoms with Crippen LogP contribution < -0.4 is 5.11 Å². The molecule has 0 radical (unpaired) electrons. The second-order valence-corrected chi connectivity index (χ2v) is 18.0. The van der Waals surface area contributed by atoms with E-state index < -0.39 is 18.1 Å². The normalized spacial score (nSPS) is 13.8. The van der Waals surface area contributed by atoms with Gasteiger partial charge in [-0.2, -0.15) is 0 Å². The van der Waals surface area contributed by atoms with E-state index in [-0.39, 0.29) is 42.7 Å². The second-order valence-electron chi connectivity index (χ2n) is 18.0. The minimum atomic E-state index is -1.13. The number of aliphatic carboxylic acids is 1. The Morgan fingerprint density at radius 3 is 1.18 bits per heavy atom. The van der Waals surface area contributed by atoms with Gasteiger partial charge in [0.15, 0.2) is 6.10 Å². The van der Waals surface area contributed by atoms with E-state index in [0.717, 1.165) is 116 Å². The zero-order valence-electron chi connectivity index (χ0n) is 42.6. The molecule has 0 N–H and O–H groups in total. The molecule has 66 heavy (non-hydrogen) atoms. The molecule has 0 aliphatic carbocycles. The topological polar surface area (TPSA) is 102 Å². The number of carboxylic acids is 1. The van der Waals surface area contributed by atoms with Crippen molar-refractivity contribution < 1.29 is 38.2 Å². The number of unbranched alkanes of at least 4 members (excludes halogenated alkanes) is 13. The van der Waals surface area contributed by atoms with Crippen molar-refractivity contribution in [3.05, 3.63) is 109 Å². The Hall–Kier alpha value is -4.01. The Bertz CT molecular complexity index is 1440. The third-order valence-corrected chi connectivity index (χ3v) is 10.9. The van der Waals surface area contributed by atoms with Crippen LogP contribution in [-0.2, 0) is 28.6 Å². The lowest BCUT2D eigenvalue weighted by molar-refractivity contribution is -0.889. The SMILES string of the molecule is CC/C=C/C/C=C/C/C=C/C/C=C/C/C=C/C/C=C/CCCCCCC(=O)OCC(COCCC(C(=O)[O-])[N+](C)(C)C)OC(=O)CCCCCCCCCCC/C=C/C/C=C/C/C=C/CC. The van der Waals surface area contributed by atoms with Crippen molar-refractivity contribution >= 4 is 17.9 Å². The van der Waals surface area contributed by atoms with Gasteiger partial charge in [0.2, 0.25) is 0 Å². The summed E-state index contributed by atoms with van der Waals surface area (Å²) in [5.74, 6) is -1.79. The number of allylic oxidation sites excluding steroid dienone is 18. The van der Waals surface area contributed by atoms with E-state index in [4.69, 9.17) is 14.2 Å². The highest BCUT2D eigenvalue weighted by Crippen LogP contribution is 2.14. The summed E-state index contributed by atoms with van der Waals surface area (Å²) in [5, 5.41) is 11.7. The minimum absolute atomic E-state index is 0.0232. The summed E-state index contributed by atoms with van der Waals surface area (Å²) < 4.78 is 17.2. The van der Waals surface area contributed by atoms with Crippen molar-refractivity contribution in [1.82, 2.24) is 0 Å². The van der Waals surface area contributed by atoms with Crippen molar-refractivity contribution in [3.63, 3.8) is 0 Å². The number of quaternary nitrogens is 1. The van der Waals surface area contributed by atoms with Gasteiger partial charge in [0.25, 0.3) is 0 Å². The Morgan fingerprint density at radius 1 is 0.455 bits per heavy atom. The maximum Gasteiger partial charge on any atom is 0.306 e. The fourth-order valence-corrected chi connectivity index (χ4v) is 6.97. The maximum atomic E-state index is 12.8. The molecule has 0 rings (SSSR count). The number of carbonyl (C=O) groups is 3. The highest BCUT2D eigenvalue weighted by Gasteiger charge is 2.25. The molecule has 8 heteroatoms. The predicted octanol–water partition coefficient (Wildman–Crippen LogP) is 13.9. The summed E-state index contributed by atoms with van der Waals surface area (Å²) in [6.45, 7) is 4.40. The van der Waals surface area contributed by atoms with Gasteiger partial charge >= 0.3 is 11.9 Å². The van der Waals surface area contributed by atoms with Crippen LogP contribution in [-0.4, -0.2) is 75.5 Å². The highest BCUT2D eigenvalue weighted by atomic mass is 16.6. The van der Waals surface area contributed by atoms with E-state index in [1.807, 2.05) is 0 Å². The first-order valence-electron chi connectivity index (χ1n) is 25.9. The fraction of sp³-hybridized carbons (Fsp3) is 0.638. The molecule has 0 saturated heterocycles. The van der Waals surface area contributed by atoms with Gasteiger partial charge in [0.05, 0.1) is 40.3 Å². The van der Waals surface area contributed by atoms with Crippen molar-refractivity contribution in [2.75, 3.05) is 41.0 Å². The lowest BCUT2D eigenvalue weighted by Crippen LogP contribution is -2.55. The third-order valence-electron chi connectivity index (χ3n) is 10.9. The Morgan fingerprint density at radius 2 is 0.803 bits per heavy atom. The summed E-state index contributed by atoms with van der Waals surface area (Å²) in [4.78, 5) is 37.1. The summed E-state index contributed by atoms with van der Waals surface area (Å²) in [6.07, 6.45) is 65.4. The van der Waals surface area contributed by atoms with Crippen LogP contribution in [0.5, 0.6) is 0 Å². The molecule has 0 aromatic carbocycles. The number of hydrogen-bond donors (Lipinski definition) is 0. The number of likely N-dealkylation sites (N-methyl/N-ethyl adjacent to an activating group) is 1. The van der Waals surface area contributed by atoms with Gasteiger partial charge in [0.1, 0.15) is 12.6 Å². The standard InChI is InChI=1S/C58H95NO7/c1-6-8-10-12-14-16-18-20-22-24-26-27-28-29-31-32-34-36-38-40-42-44-46-48-56(60)65-53-54(52-64-51-50-55(58(62)63)59(3,4)5)66-57(61)49-47-45-43-41-39-37-35-33-30-25-23-21-19-17-15-13-11-9-7-2/h8-11,14-17,20-23,26-27,29,31,34,36,54-55H,6-7,12-13,18-19,24-25,28,30,32-33,35,37-53H2,1-5H3/b10-8+,11-9+,16-14+,17-15+,22-20+,23-21+,27-26+,31-29+,36-34+. The zero-order valence-corrected chi connectivity index (χ0v) is 42.6. The van der Waals surface area contributed by atoms with Gasteiger partial charge < -0.3 is 28.6 Å². The molecule has 374 valence electrons. The molecule has 0 fully saturated rings. The number of carboxylic acid groups (broad SMARTS) is 1. The van der Waals surface area contributed by atoms with Crippen LogP contribution in [0, 0.1) is 0 Å². The molecule has 0 aromatic rings. The summed E-state index contributed by atoms with van der Waals surface area (Å²) >= 11 is 0. The number of carbonyl (C=O) groups excluding carboxylic acids is 3. The van der Waals surface area contributed by atoms with E-state index in [0.29, 0.717) is 12.8 Å². The lowest BCUT2D eigenvalue weighted by Gasteiger charge is -2.34. The van der Waals surface area contributed by atoms with E-state index in [2.05, 4.69) is 123 Å². The average Bonchev–Trinajstić information content (AvgIpc) is 3.28. The summed E-state index contributed by atoms with van der Waals surface area (Å²) in [6, 6.07) is -0.738. The van der Waals surface area contributed by atoms with Gasteiger partial charge in [0, 0.05) is 19.3 Å². The molecule has 2 unspecified atom stereocenters. The van der Waals surface area contributed by atoms with Crippen molar-refractivity contribution in [1.29, 1.82) is 0 Å². The Kier molecular flexibility index (Phi) is 44.6. The van der Waals surface area contributed by atoms with E-state index in [1.165, 1.54) is 38.5 Å². The highest BCUT2D eigenvalue weighted by molar-refractivity contribution is 5.70. The van der Waals surface area contributed by atoms with Crippen LogP contribution in [0.4, 0.5) is 0 Å². The van der Waals surface area contributed by atoms with E-state index in [1.54, 1.807) is 21.1 Å². The molecule has 0 amide bonds. The number of nitrogens with zero attached hydrogens (tertiary/aromatic N) is 1. The van der Waals surface area contributed by atoms with Crippen molar-refractivity contribution in [2.24, 2.45) is 0 Å². The van der Waals surface area contributed by atoms with Crippen molar-refractivity contribution in [3.8, 4) is 0 Å².